The molecule has 0 fully saturated rings. The van der Waals surface area contributed by atoms with Crippen molar-refractivity contribution in [3.8, 4) is 0 Å². The fourth-order valence-electron chi connectivity index (χ4n) is 7.73. The Balaban J connectivity index is 4.77. The molecule has 18 heteroatoms. The van der Waals surface area contributed by atoms with Gasteiger partial charge in [-0.25, -0.2) is 9.13 Å². The molecule has 0 rings (SSSR count). The maximum atomic E-state index is 12.9. The number of rotatable bonds is 58. The quantitative estimate of drug-likeness (QED) is 0.0146. The second-order valence-electron chi connectivity index (χ2n) is 20.4. The second kappa shape index (κ2) is 58.6. The monoisotopic (exact) mass is 1210 g/mol. The molecule has 0 amide bonds. The van der Waals surface area contributed by atoms with Crippen molar-refractivity contribution < 1.29 is 75.8 Å². The van der Waals surface area contributed by atoms with Crippen LogP contribution in [-0.4, -0.2) is 95.9 Å². The zero-order valence-corrected chi connectivity index (χ0v) is 52.9. The normalized spacial score (nSPS) is 15.1. The second-order valence-corrected chi connectivity index (χ2v) is 23.3. The molecule has 0 aliphatic carbocycles. The zero-order chi connectivity index (χ0) is 61.0. The van der Waals surface area contributed by atoms with Gasteiger partial charge in [0.1, 0.15) is 25.4 Å². The van der Waals surface area contributed by atoms with Gasteiger partial charge in [-0.3, -0.25) is 32.5 Å². The van der Waals surface area contributed by atoms with Crippen LogP contribution in [0.5, 0.6) is 0 Å². The van der Waals surface area contributed by atoms with Crippen LogP contribution in [0, 0.1) is 0 Å². The molecule has 0 heterocycles. The van der Waals surface area contributed by atoms with Crippen LogP contribution in [0.4, 0.5) is 0 Å². The SMILES string of the molecule is CC/C=C\C/C=C\C/C=C\C/C=C\C/C=C\CCCC(=O)OCC(O)COP(=O)(O)OCC(O)COP(=O)(O)OCC(COC(=O)CCCCCCC/C=C\C/C=C\C/C=C\CC)OC(=O)CCCCCCC/C=C\CCCCCCCC. The van der Waals surface area contributed by atoms with Crippen LogP contribution in [0.25, 0.3) is 0 Å². The number of esters is 3. The topological polar surface area (TPSA) is 231 Å². The molecule has 0 aromatic heterocycles. The van der Waals surface area contributed by atoms with Crippen molar-refractivity contribution in [1.29, 1.82) is 0 Å². The first-order valence-electron chi connectivity index (χ1n) is 31.2. The first kappa shape index (κ1) is 79.2. The number of aliphatic hydroxyl groups excluding tert-OH is 2. The molecule has 0 saturated heterocycles. The Bertz CT molecular complexity index is 1960. The molecule has 0 spiro atoms. The van der Waals surface area contributed by atoms with Crippen LogP contribution in [0.3, 0.4) is 0 Å². The Morgan fingerprint density at radius 1 is 0.349 bits per heavy atom. The van der Waals surface area contributed by atoms with Crippen LogP contribution >= 0.6 is 15.6 Å². The third-order valence-electron chi connectivity index (χ3n) is 12.5. The lowest BCUT2D eigenvalue weighted by atomic mass is 10.1. The number of carbonyl (C=O) groups is 3. The fourth-order valence-corrected chi connectivity index (χ4v) is 9.32. The highest BCUT2D eigenvalue weighted by Gasteiger charge is 2.29. The third kappa shape index (κ3) is 59.7. The molecule has 0 bridgehead atoms. The van der Waals surface area contributed by atoms with Crippen molar-refractivity contribution in [3.63, 3.8) is 0 Å². The molecule has 83 heavy (non-hydrogen) atoms. The summed E-state index contributed by atoms with van der Waals surface area (Å²) in [5.74, 6) is -1.67. The number of aliphatic hydroxyl groups is 2. The Kier molecular flexibility index (Phi) is 55.9. The van der Waals surface area contributed by atoms with E-state index >= 15 is 0 Å². The Hall–Kier alpha value is -3.79. The fraction of sp³-hybridized carbons (Fsp3) is 0.677. The predicted octanol–water partition coefficient (Wildman–Crippen LogP) is 16.5. The highest BCUT2D eigenvalue weighted by molar-refractivity contribution is 7.47. The van der Waals surface area contributed by atoms with Crippen molar-refractivity contribution in [3.05, 3.63) is 109 Å². The minimum atomic E-state index is -4.93. The molecule has 5 atom stereocenters. The summed E-state index contributed by atoms with van der Waals surface area (Å²) in [5.41, 5.74) is 0. The zero-order valence-electron chi connectivity index (χ0n) is 51.1. The molecular weight excluding hydrogens is 1100 g/mol. The minimum absolute atomic E-state index is 0.0875. The summed E-state index contributed by atoms with van der Waals surface area (Å²) in [7, 11) is -9.79. The summed E-state index contributed by atoms with van der Waals surface area (Å²) in [6.45, 7) is 2.31. The lowest BCUT2D eigenvalue weighted by Crippen LogP contribution is -2.30. The van der Waals surface area contributed by atoms with Gasteiger partial charge in [-0.05, 0) is 116 Å². The van der Waals surface area contributed by atoms with Crippen LogP contribution in [-0.2, 0) is 55.8 Å². The van der Waals surface area contributed by atoms with E-state index in [0.29, 0.717) is 25.7 Å². The maximum Gasteiger partial charge on any atom is 0.472 e. The van der Waals surface area contributed by atoms with Gasteiger partial charge >= 0.3 is 33.6 Å². The average Bonchev–Trinajstić information content (AvgIpc) is 3.47. The summed E-state index contributed by atoms with van der Waals surface area (Å²) in [6.07, 6.45) is 63.0. The number of allylic oxidation sites excluding steroid dienone is 18. The lowest BCUT2D eigenvalue weighted by molar-refractivity contribution is -0.161. The van der Waals surface area contributed by atoms with E-state index in [4.69, 9.17) is 32.3 Å². The summed E-state index contributed by atoms with van der Waals surface area (Å²) in [4.78, 5) is 58.2. The van der Waals surface area contributed by atoms with E-state index in [1.807, 2.05) is 12.2 Å². The van der Waals surface area contributed by atoms with Gasteiger partial charge in [0.15, 0.2) is 6.10 Å². The van der Waals surface area contributed by atoms with Gasteiger partial charge in [0.05, 0.1) is 26.4 Å². The molecule has 476 valence electrons. The van der Waals surface area contributed by atoms with E-state index in [1.54, 1.807) is 0 Å². The number of ether oxygens (including phenoxy) is 3. The summed E-state index contributed by atoms with van der Waals surface area (Å²) < 4.78 is 60.6. The van der Waals surface area contributed by atoms with Gasteiger partial charge in [-0.15, -0.1) is 0 Å². The molecule has 0 aromatic carbocycles. The lowest BCUT2D eigenvalue weighted by Gasteiger charge is -2.21. The van der Waals surface area contributed by atoms with E-state index in [2.05, 4.69) is 118 Å². The molecule has 0 aliphatic rings. The molecular formula is C65H110O16P2. The van der Waals surface area contributed by atoms with E-state index in [9.17, 15) is 43.5 Å². The van der Waals surface area contributed by atoms with E-state index in [-0.39, 0.29) is 19.3 Å². The molecule has 0 aromatic rings. The molecule has 4 N–H and O–H groups in total. The van der Waals surface area contributed by atoms with Gasteiger partial charge in [0.2, 0.25) is 0 Å². The van der Waals surface area contributed by atoms with Gasteiger partial charge in [-0.2, -0.15) is 0 Å². The molecule has 0 radical (unpaired) electrons. The Morgan fingerprint density at radius 2 is 0.651 bits per heavy atom. The van der Waals surface area contributed by atoms with Crippen molar-refractivity contribution in [1.82, 2.24) is 0 Å². The largest absolute Gasteiger partial charge is 0.472 e. The predicted molar refractivity (Wildman–Crippen MR) is 334 cm³/mol. The summed E-state index contributed by atoms with van der Waals surface area (Å²) in [6, 6.07) is 0. The Labute approximate surface area is 500 Å². The number of unbranched alkanes of at least 4 members (excludes halogenated alkanes) is 17. The van der Waals surface area contributed by atoms with Crippen LogP contribution < -0.4 is 0 Å². The van der Waals surface area contributed by atoms with Crippen molar-refractivity contribution in [2.75, 3.05) is 39.6 Å². The highest BCUT2D eigenvalue weighted by atomic mass is 31.2. The highest BCUT2D eigenvalue weighted by Crippen LogP contribution is 2.45. The number of hydrogen-bond acceptors (Lipinski definition) is 14. The van der Waals surface area contributed by atoms with Crippen molar-refractivity contribution >= 4 is 33.6 Å². The van der Waals surface area contributed by atoms with Gasteiger partial charge in [0, 0.05) is 19.3 Å². The van der Waals surface area contributed by atoms with Crippen LogP contribution in [0.1, 0.15) is 226 Å². The summed E-state index contributed by atoms with van der Waals surface area (Å²) in [5, 5.41) is 20.5. The first-order valence-corrected chi connectivity index (χ1v) is 34.2. The first-order chi connectivity index (χ1) is 40.2. The van der Waals surface area contributed by atoms with Gasteiger partial charge < -0.3 is 34.2 Å². The van der Waals surface area contributed by atoms with Crippen LogP contribution in [0.2, 0.25) is 0 Å². The minimum Gasteiger partial charge on any atom is -0.463 e. The number of phosphoric acid groups is 2. The van der Waals surface area contributed by atoms with Crippen LogP contribution in [0.15, 0.2) is 109 Å². The number of phosphoric ester groups is 2. The molecule has 5 unspecified atom stereocenters. The number of carbonyl (C=O) groups excluding carboxylic acids is 3. The van der Waals surface area contributed by atoms with E-state index in [1.165, 1.54) is 38.5 Å². The average molecular weight is 1210 g/mol. The molecule has 0 aliphatic heterocycles. The van der Waals surface area contributed by atoms with Crippen molar-refractivity contribution in [2.24, 2.45) is 0 Å². The van der Waals surface area contributed by atoms with E-state index < -0.39 is 91.5 Å². The van der Waals surface area contributed by atoms with E-state index in [0.717, 1.165) is 122 Å². The third-order valence-corrected chi connectivity index (χ3v) is 14.4. The number of hydrogen-bond donors (Lipinski definition) is 4. The smallest absolute Gasteiger partial charge is 0.463 e. The molecule has 0 saturated carbocycles. The molecule has 16 nitrogen and oxygen atoms in total. The Morgan fingerprint density at radius 3 is 1.07 bits per heavy atom. The maximum absolute atomic E-state index is 12.9. The van der Waals surface area contributed by atoms with Crippen molar-refractivity contribution in [2.45, 2.75) is 245 Å². The van der Waals surface area contributed by atoms with Gasteiger partial charge in [0.25, 0.3) is 0 Å². The standard InChI is InChI=1S/C65H110O16P2/c1-4-7-10-13-16-19-22-25-28-29-32-34-36-39-42-45-48-51-63(68)75-54-60(66)55-77-82(71,72)78-56-61(67)57-79-83(73,74)80-59-62(81-65(70)53-50-47-44-41-38-35-31-27-24-21-18-15-12-9-6-3)58-76-64(69)52-49-46-43-40-37-33-30-26-23-20-17-14-11-8-5-2/h7-8,10-11,16-17,19-20,25-28,30-32,34,39,42,60-62,66-67H,4-6,9,12-15,18,21-24,29,33,35-38,40-41,43-59H2,1-3H3,(H,71,72)(H,73,74)/b10-7-,11-8-,19-16-,20-17-,28-25-,30-26-,31-27-,34-32-,42-39-. The van der Waals surface area contributed by atoms with Gasteiger partial charge in [-0.1, -0.05) is 201 Å². The summed E-state index contributed by atoms with van der Waals surface area (Å²) >= 11 is 0.